The lowest BCUT2D eigenvalue weighted by Crippen LogP contribution is -2.38. The Morgan fingerprint density at radius 1 is 0.940 bits per heavy atom. The molecule has 50 heavy (non-hydrogen) atoms. The van der Waals surface area contributed by atoms with Crippen LogP contribution in [0, 0.1) is 0 Å². The molecule has 2 aliphatic carbocycles. The fourth-order valence-corrected chi connectivity index (χ4v) is 7.70. The van der Waals surface area contributed by atoms with Gasteiger partial charge in [0, 0.05) is 53.8 Å². The minimum atomic E-state index is -0.896. The molecule has 12 heteroatoms. The molecule has 2 fully saturated rings. The molecular weight excluding hydrogens is 699 g/mol. The molecule has 1 aliphatic heterocycles. The molecule has 0 spiro atoms. The van der Waals surface area contributed by atoms with Crippen LogP contribution in [0.4, 0.5) is 0 Å². The van der Waals surface area contributed by atoms with E-state index in [-0.39, 0.29) is 30.5 Å². The summed E-state index contributed by atoms with van der Waals surface area (Å²) in [6, 6.07) is 20.1. The van der Waals surface area contributed by atoms with Gasteiger partial charge in [0.05, 0.1) is 12.1 Å². The molecular formula is C38H37Cl3N4O5. The van der Waals surface area contributed by atoms with Crippen LogP contribution in [-0.2, 0) is 29.1 Å². The van der Waals surface area contributed by atoms with Crippen LogP contribution in [-0.4, -0.2) is 47.2 Å². The first-order chi connectivity index (χ1) is 24.2. The molecule has 1 saturated heterocycles. The molecule has 1 aromatic heterocycles. The van der Waals surface area contributed by atoms with Gasteiger partial charge in [0.1, 0.15) is 16.7 Å². The summed E-state index contributed by atoms with van der Waals surface area (Å²) in [5.74, 6) is -0.166. The number of hydrogen-bond acceptors (Lipinski definition) is 7. The summed E-state index contributed by atoms with van der Waals surface area (Å²) in [6.45, 7) is 1.55. The van der Waals surface area contributed by atoms with Crippen molar-refractivity contribution in [2.24, 2.45) is 0 Å². The quantitative estimate of drug-likeness (QED) is 0.111. The van der Waals surface area contributed by atoms with Crippen LogP contribution in [0.3, 0.4) is 0 Å². The van der Waals surface area contributed by atoms with Crippen LogP contribution < -0.4 is 25.4 Å². The van der Waals surface area contributed by atoms with Crippen molar-refractivity contribution >= 4 is 46.7 Å². The number of methoxy groups -OCH3 is 1. The topological polar surface area (TPSA) is 122 Å². The first-order valence-corrected chi connectivity index (χ1v) is 17.9. The van der Waals surface area contributed by atoms with E-state index >= 15 is 0 Å². The SMILES string of the molecule is COc1nc(O[C@H]2CCc3c(-c4cccc(-c5ccc(CNC[C@@H]6CCC(=O)N6)c(Cl)c5)c4Cl)cccc32)c(Cl)cc1CNC1(C(=O)O)CC1. The highest BCUT2D eigenvalue weighted by Gasteiger charge is 2.50. The molecule has 2 atom stereocenters. The van der Waals surface area contributed by atoms with E-state index in [4.69, 9.17) is 44.3 Å². The normalized spacial score (nSPS) is 18.8. The van der Waals surface area contributed by atoms with Crippen molar-refractivity contribution in [3.8, 4) is 34.0 Å². The molecule has 1 amide bonds. The second kappa shape index (κ2) is 14.4. The molecule has 0 radical (unpaired) electrons. The Morgan fingerprint density at radius 2 is 1.72 bits per heavy atom. The van der Waals surface area contributed by atoms with E-state index in [0.717, 1.165) is 58.2 Å². The predicted octanol–water partition coefficient (Wildman–Crippen LogP) is 7.53. The molecule has 0 unspecified atom stereocenters. The number of benzene rings is 3. The number of amides is 1. The number of carboxylic acids is 1. The molecule has 9 nitrogen and oxygen atoms in total. The van der Waals surface area contributed by atoms with Crippen LogP contribution in [0.25, 0.3) is 22.3 Å². The summed E-state index contributed by atoms with van der Waals surface area (Å²) in [5.41, 5.74) is 6.70. The minimum Gasteiger partial charge on any atom is -0.481 e. The molecule has 4 N–H and O–H groups in total. The number of fused-ring (bicyclic) bond motifs is 1. The Hall–Kier alpha value is -3.86. The fraction of sp³-hybridized carbons (Fsp3) is 0.342. The molecule has 4 aromatic rings. The lowest BCUT2D eigenvalue weighted by Gasteiger charge is -2.19. The van der Waals surface area contributed by atoms with Crippen molar-refractivity contribution in [3.05, 3.63) is 98.0 Å². The molecule has 1 saturated carbocycles. The highest BCUT2D eigenvalue weighted by atomic mass is 35.5. The minimum absolute atomic E-state index is 0.105. The van der Waals surface area contributed by atoms with Gasteiger partial charge in [-0.3, -0.25) is 14.9 Å². The average Bonchev–Trinajstić information content (AvgIpc) is 3.63. The maximum Gasteiger partial charge on any atom is 0.323 e. The van der Waals surface area contributed by atoms with Crippen LogP contribution in [0.1, 0.15) is 60.5 Å². The first kappa shape index (κ1) is 34.6. The van der Waals surface area contributed by atoms with Gasteiger partial charge in [0.2, 0.25) is 17.7 Å². The summed E-state index contributed by atoms with van der Waals surface area (Å²) in [6.07, 6.45) is 3.81. The number of nitrogens with one attached hydrogen (secondary N) is 3. The lowest BCUT2D eigenvalue weighted by atomic mass is 9.93. The lowest BCUT2D eigenvalue weighted by molar-refractivity contribution is -0.140. The number of pyridine rings is 1. The van der Waals surface area contributed by atoms with E-state index < -0.39 is 11.5 Å². The zero-order valence-corrected chi connectivity index (χ0v) is 29.7. The van der Waals surface area contributed by atoms with E-state index in [1.54, 1.807) is 6.07 Å². The van der Waals surface area contributed by atoms with Crippen molar-refractivity contribution < 1.29 is 24.2 Å². The van der Waals surface area contributed by atoms with Gasteiger partial charge in [-0.05, 0) is 72.1 Å². The van der Waals surface area contributed by atoms with Crippen LogP contribution in [0.15, 0.2) is 60.7 Å². The molecule has 2 heterocycles. The Balaban J connectivity index is 1.08. The van der Waals surface area contributed by atoms with Gasteiger partial charge in [-0.1, -0.05) is 83.3 Å². The maximum absolute atomic E-state index is 11.6. The highest BCUT2D eigenvalue weighted by molar-refractivity contribution is 6.36. The molecule has 3 aliphatic rings. The number of halogens is 3. The maximum atomic E-state index is 11.6. The third-order valence-electron chi connectivity index (χ3n) is 9.87. The summed E-state index contributed by atoms with van der Waals surface area (Å²) in [5, 5.41) is 20.6. The molecule has 3 aromatic carbocycles. The summed E-state index contributed by atoms with van der Waals surface area (Å²) < 4.78 is 12.0. The van der Waals surface area contributed by atoms with Crippen LogP contribution in [0.5, 0.6) is 11.8 Å². The van der Waals surface area contributed by atoms with Crippen molar-refractivity contribution in [1.82, 2.24) is 20.9 Å². The van der Waals surface area contributed by atoms with Crippen LogP contribution in [0.2, 0.25) is 15.1 Å². The van der Waals surface area contributed by atoms with Gasteiger partial charge in [-0.2, -0.15) is 4.98 Å². The number of ether oxygens (including phenoxy) is 2. The number of hydrogen-bond donors (Lipinski definition) is 4. The Morgan fingerprint density at radius 3 is 2.44 bits per heavy atom. The second-order valence-corrected chi connectivity index (χ2v) is 14.3. The van der Waals surface area contributed by atoms with Gasteiger partial charge in [-0.25, -0.2) is 0 Å². The largest absolute Gasteiger partial charge is 0.481 e. The summed E-state index contributed by atoms with van der Waals surface area (Å²) in [4.78, 5) is 27.7. The Bertz CT molecular complexity index is 1970. The van der Waals surface area contributed by atoms with Gasteiger partial charge >= 0.3 is 5.97 Å². The van der Waals surface area contributed by atoms with Gasteiger partial charge < -0.3 is 25.2 Å². The summed E-state index contributed by atoms with van der Waals surface area (Å²) >= 11 is 20.6. The Kier molecular flexibility index (Phi) is 9.96. The Labute approximate surface area is 305 Å². The third kappa shape index (κ3) is 7.02. The number of nitrogens with zero attached hydrogens (tertiary/aromatic N) is 1. The van der Waals surface area contributed by atoms with E-state index in [9.17, 15) is 14.7 Å². The van der Waals surface area contributed by atoms with Crippen molar-refractivity contribution in [1.29, 1.82) is 0 Å². The number of aromatic nitrogens is 1. The fourth-order valence-electron chi connectivity index (χ4n) is 6.89. The third-order valence-corrected chi connectivity index (χ3v) is 10.9. The first-order valence-electron chi connectivity index (χ1n) is 16.7. The second-order valence-electron chi connectivity index (χ2n) is 13.1. The molecule has 7 rings (SSSR count). The standard InChI is InChI=1S/C38H37Cl3N4O5/c1-49-35-23(19-43-38(14-15-38)37(47)48)17-31(40)36(45-35)50-32-12-11-27-26(5-3-6-28(27)32)29-7-2-4-25(34(29)41)21-8-9-22(30(39)16-21)18-42-20-24-10-13-33(46)44-24/h2-9,16-17,24,32,42-43H,10-15,18-20H2,1H3,(H,44,46)(H,47,48)/t24-,32-/m0/s1. The smallest absolute Gasteiger partial charge is 0.323 e. The number of carbonyl (C=O) groups excluding carboxylic acids is 1. The van der Waals surface area contributed by atoms with E-state index in [2.05, 4.69) is 33.1 Å². The van der Waals surface area contributed by atoms with Gasteiger partial charge in [-0.15, -0.1) is 0 Å². The van der Waals surface area contributed by atoms with E-state index in [1.165, 1.54) is 7.11 Å². The van der Waals surface area contributed by atoms with Crippen molar-refractivity contribution in [3.63, 3.8) is 0 Å². The predicted molar refractivity (Wildman–Crippen MR) is 194 cm³/mol. The number of carbonyl (C=O) groups is 2. The molecule has 260 valence electrons. The zero-order valence-electron chi connectivity index (χ0n) is 27.5. The summed E-state index contributed by atoms with van der Waals surface area (Å²) in [7, 11) is 1.52. The van der Waals surface area contributed by atoms with Crippen molar-refractivity contribution in [2.75, 3.05) is 13.7 Å². The number of carboxylic acid groups (broad SMARTS) is 1. The number of rotatable bonds is 13. The monoisotopic (exact) mass is 734 g/mol. The zero-order chi connectivity index (χ0) is 35.0. The highest BCUT2D eigenvalue weighted by Crippen LogP contribution is 2.45. The van der Waals surface area contributed by atoms with Gasteiger partial charge in [0.15, 0.2) is 0 Å². The van der Waals surface area contributed by atoms with E-state index in [1.807, 2.05) is 42.5 Å². The van der Waals surface area contributed by atoms with E-state index in [0.29, 0.717) is 58.9 Å². The molecule has 0 bridgehead atoms. The van der Waals surface area contributed by atoms with Gasteiger partial charge in [0.25, 0.3) is 0 Å². The number of aliphatic carboxylic acids is 1. The van der Waals surface area contributed by atoms with Crippen LogP contribution >= 0.6 is 34.8 Å². The average molecular weight is 736 g/mol. The van der Waals surface area contributed by atoms with Crippen molar-refractivity contribution in [2.45, 2.75) is 69.3 Å².